The monoisotopic (exact) mass is 650 g/mol. The topological polar surface area (TPSA) is 88.4 Å². The zero-order chi connectivity index (χ0) is 31.6. The molecule has 0 fully saturated rings. The molecular formula is C36H27ClN2O6S. The molecule has 0 saturated carbocycles. The normalized spacial score (nSPS) is 15.3. The number of nitrogens with zero attached hydrogens (tertiary/aromatic N) is 2. The summed E-state index contributed by atoms with van der Waals surface area (Å²) in [4.78, 5) is 33.2. The maximum atomic E-state index is 14.2. The summed E-state index contributed by atoms with van der Waals surface area (Å²) in [6.45, 7) is 2.35. The lowest BCUT2D eigenvalue weighted by molar-refractivity contribution is -0.138. The molecule has 1 unspecified atom stereocenters. The van der Waals surface area contributed by atoms with Gasteiger partial charge in [-0.15, -0.1) is 0 Å². The van der Waals surface area contributed by atoms with Gasteiger partial charge in [-0.05, 0) is 54.5 Å². The number of halogens is 1. The van der Waals surface area contributed by atoms with Crippen molar-refractivity contribution in [3.8, 4) is 17.2 Å². The van der Waals surface area contributed by atoms with E-state index in [0.29, 0.717) is 49.5 Å². The first-order valence-electron chi connectivity index (χ1n) is 14.6. The molecule has 2 aliphatic heterocycles. The van der Waals surface area contributed by atoms with Gasteiger partial charge in [0.25, 0.3) is 5.56 Å². The van der Waals surface area contributed by atoms with Gasteiger partial charge in [0.2, 0.25) is 6.79 Å². The van der Waals surface area contributed by atoms with Crippen LogP contribution in [-0.2, 0) is 16.1 Å². The van der Waals surface area contributed by atoms with E-state index in [0.717, 1.165) is 16.7 Å². The molecule has 46 heavy (non-hydrogen) atoms. The Morgan fingerprint density at radius 1 is 1.00 bits per heavy atom. The van der Waals surface area contributed by atoms with Gasteiger partial charge >= 0.3 is 5.97 Å². The first-order chi connectivity index (χ1) is 22.5. The maximum absolute atomic E-state index is 14.2. The Morgan fingerprint density at radius 2 is 1.76 bits per heavy atom. The van der Waals surface area contributed by atoms with Crippen molar-refractivity contribution in [3.63, 3.8) is 0 Å². The summed E-state index contributed by atoms with van der Waals surface area (Å²) in [7, 11) is 0. The summed E-state index contributed by atoms with van der Waals surface area (Å²) in [6, 6.07) is 29.1. The van der Waals surface area contributed by atoms with E-state index in [-0.39, 0.29) is 24.5 Å². The van der Waals surface area contributed by atoms with Crippen LogP contribution in [0, 0.1) is 0 Å². The van der Waals surface area contributed by atoms with Crippen molar-refractivity contribution < 1.29 is 23.7 Å². The quantitative estimate of drug-likeness (QED) is 0.195. The number of thiazole rings is 1. The molecule has 0 aliphatic carbocycles. The average molecular weight is 651 g/mol. The van der Waals surface area contributed by atoms with Crippen LogP contribution in [0.15, 0.2) is 112 Å². The summed E-state index contributed by atoms with van der Waals surface area (Å²) in [5.41, 5.74) is 3.55. The number of hydrogen-bond acceptors (Lipinski definition) is 8. The predicted octanol–water partition coefficient (Wildman–Crippen LogP) is 5.90. The highest BCUT2D eigenvalue weighted by Crippen LogP contribution is 2.40. The fourth-order valence-electron chi connectivity index (χ4n) is 5.43. The summed E-state index contributed by atoms with van der Waals surface area (Å²) in [5, 5.41) is 0.648. The summed E-state index contributed by atoms with van der Waals surface area (Å²) >= 11 is 7.52. The molecular weight excluding hydrogens is 624 g/mol. The third kappa shape index (κ3) is 5.71. The van der Waals surface area contributed by atoms with Gasteiger partial charge in [0.1, 0.15) is 12.4 Å². The zero-order valence-corrected chi connectivity index (χ0v) is 26.2. The molecule has 7 rings (SSSR count). The third-order valence-corrected chi connectivity index (χ3v) is 8.97. The second-order valence-corrected chi connectivity index (χ2v) is 11.9. The smallest absolute Gasteiger partial charge is 0.338 e. The van der Waals surface area contributed by atoms with Crippen LogP contribution in [0.4, 0.5) is 0 Å². The van der Waals surface area contributed by atoms with Crippen LogP contribution < -0.4 is 29.1 Å². The fourth-order valence-corrected chi connectivity index (χ4v) is 6.62. The second kappa shape index (κ2) is 12.7. The predicted molar refractivity (Wildman–Crippen MR) is 176 cm³/mol. The van der Waals surface area contributed by atoms with Gasteiger partial charge in [-0.1, -0.05) is 89.7 Å². The number of esters is 1. The number of fused-ring (bicyclic) bond motifs is 2. The highest BCUT2D eigenvalue weighted by molar-refractivity contribution is 7.07. The van der Waals surface area contributed by atoms with Crippen molar-refractivity contribution in [2.75, 3.05) is 13.4 Å². The van der Waals surface area contributed by atoms with Crippen LogP contribution in [0.1, 0.15) is 35.2 Å². The highest BCUT2D eigenvalue weighted by Gasteiger charge is 2.36. The lowest BCUT2D eigenvalue weighted by Gasteiger charge is -2.26. The molecule has 5 aromatic rings. The van der Waals surface area contributed by atoms with E-state index in [4.69, 9.17) is 35.5 Å². The molecule has 0 bridgehead atoms. The molecule has 1 aromatic heterocycles. The van der Waals surface area contributed by atoms with Gasteiger partial charge in [-0.3, -0.25) is 9.36 Å². The molecule has 0 saturated heterocycles. The van der Waals surface area contributed by atoms with Crippen LogP contribution in [-0.4, -0.2) is 23.9 Å². The van der Waals surface area contributed by atoms with E-state index in [1.807, 2.05) is 91.0 Å². The van der Waals surface area contributed by atoms with Crippen molar-refractivity contribution in [1.82, 2.24) is 4.57 Å². The van der Waals surface area contributed by atoms with Gasteiger partial charge in [-0.2, -0.15) is 0 Å². The SMILES string of the molecule is CCOC(=O)C1=C(c2ccccc2)N=c2s/c(=C\c3ccc(OCc4ccccc4Cl)cc3)c(=O)n2C1c1ccc2c(c1)OCO2. The number of hydrogen-bond donors (Lipinski definition) is 0. The van der Waals surface area contributed by atoms with Crippen LogP contribution in [0.2, 0.25) is 5.02 Å². The van der Waals surface area contributed by atoms with Crippen molar-refractivity contribution in [1.29, 1.82) is 0 Å². The van der Waals surface area contributed by atoms with Gasteiger partial charge < -0.3 is 18.9 Å². The van der Waals surface area contributed by atoms with Gasteiger partial charge in [-0.25, -0.2) is 9.79 Å². The first-order valence-corrected chi connectivity index (χ1v) is 15.8. The van der Waals surface area contributed by atoms with E-state index >= 15 is 0 Å². The molecule has 0 spiro atoms. The minimum atomic E-state index is -0.817. The number of aromatic nitrogens is 1. The molecule has 3 heterocycles. The third-order valence-electron chi connectivity index (χ3n) is 7.62. The van der Waals surface area contributed by atoms with Crippen LogP contribution in [0.25, 0.3) is 11.8 Å². The Hall–Kier alpha value is -5.12. The van der Waals surface area contributed by atoms with Crippen molar-refractivity contribution in [2.24, 2.45) is 4.99 Å². The van der Waals surface area contributed by atoms with Crippen molar-refractivity contribution >= 4 is 40.7 Å². The Bertz CT molecular complexity index is 2160. The Kier molecular flexibility index (Phi) is 8.17. The number of ether oxygens (including phenoxy) is 4. The fraction of sp³-hybridized carbons (Fsp3) is 0.139. The molecule has 0 amide bonds. The first kappa shape index (κ1) is 29.6. The molecule has 0 radical (unpaired) electrons. The summed E-state index contributed by atoms with van der Waals surface area (Å²) in [5.74, 6) is 1.26. The number of carbonyl (C=O) groups is 1. The molecule has 2 aliphatic rings. The van der Waals surface area contributed by atoms with Gasteiger partial charge in [0.15, 0.2) is 16.3 Å². The van der Waals surface area contributed by atoms with E-state index < -0.39 is 12.0 Å². The number of rotatable bonds is 8. The second-order valence-electron chi connectivity index (χ2n) is 10.5. The van der Waals surface area contributed by atoms with E-state index in [9.17, 15) is 9.59 Å². The molecule has 10 heteroatoms. The maximum Gasteiger partial charge on any atom is 0.338 e. The Balaban J connectivity index is 1.32. The number of benzene rings is 4. The van der Waals surface area contributed by atoms with E-state index in [2.05, 4.69) is 0 Å². The average Bonchev–Trinajstić information content (AvgIpc) is 3.68. The minimum Gasteiger partial charge on any atom is -0.489 e. The van der Waals surface area contributed by atoms with E-state index in [1.54, 1.807) is 23.6 Å². The number of carbonyl (C=O) groups excluding carboxylic acids is 1. The van der Waals surface area contributed by atoms with Crippen LogP contribution >= 0.6 is 22.9 Å². The lowest BCUT2D eigenvalue weighted by Crippen LogP contribution is -2.40. The van der Waals surface area contributed by atoms with Crippen LogP contribution in [0.3, 0.4) is 0 Å². The Morgan fingerprint density at radius 3 is 2.54 bits per heavy atom. The molecule has 0 N–H and O–H groups in total. The largest absolute Gasteiger partial charge is 0.489 e. The zero-order valence-electron chi connectivity index (χ0n) is 24.6. The minimum absolute atomic E-state index is 0.0984. The van der Waals surface area contributed by atoms with Gasteiger partial charge in [0, 0.05) is 16.1 Å². The van der Waals surface area contributed by atoms with Crippen LogP contribution in [0.5, 0.6) is 17.2 Å². The van der Waals surface area contributed by atoms with Crippen molar-refractivity contribution in [3.05, 3.63) is 150 Å². The Labute approximate surface area is 273 Å². The van der Waals surface area contributed by atoms with E-state index in [1.165, 1.54) is 11.3 Å². The lowest BCUT2D eigenvalue weighted by atomic mass is 9.93. The van der Waals surface area contributed by atoms with Crippen molar-refractivity contribution in [2.45, 2.75) is 19.6 Å². The molecule has 230 valence electrons. The molecule has 1 atom stereocenters. The molecule has 4 aromatic carbocycles. The molecule has 8 nitrogen and oxygen atoms in total. The van der Waals surface area contributed by atoms with Gasteiger partial charge in [0.05, 0.1) is 28.5 Å². The highest BCUT2D eigenvalue weighted by atomic mass is 35.5. The standard InChI is InChI=1S/C36H27ClN2O6S/c1-2-42-35(41)31-32(23-8-4-3-5-9-23)38-36-39(33(31)24-14-17-28-29(19-24)45-21-44-28)34(40)30(46-36)18-22-12-15-26(16-13-22)43-20-25-10-6-7-11-27(25)37/h3-19,33H,2,20-21H2,1H3/b30-18-. The summed E-state index contributed by atoms with van der Waals surface area (Å²) < 4.78 is 24.7. The summed E-state index contributed by atoms with van der Waals surface area (Å²) in [6.07, 6.45) is 1.81.